The number of carbonyl (C=O) groups excluding carboxylic acids is 1. The largest absolute Gasteiger partial charge is 0.348 e. The molecule has 1 aromatic heterocycles. The van der Waals surface area contributed by atoms with E-state index in [-0.39, 0.29) is 5.91 Å². The zero-order valence-electron chi connectivity index (χ0n) is 10.8. The van der Waals surface area contributed by atoms with Gasteiger partial charge < -0.3 is 11.1 Å². The van der Waals surface area contributed by atoms with Gasteiger partial charge in [0.15, 0.2) is 0 Å². The van der Waals surface area contributed by atoms with Crippen molar-refractivity contribution in [2.45, 2.75) is 31.7 Å². The molecule has 1 aromatic rings. The first-order valence-corrected chi connectivity index (χ1v) is 7.67. The quantitative estimate of drug-likeness (QED) is 0.810. The Labute approximate surface area is 117 Å². The Morgan fingerprint density at radius 2 is 2.32 bits per heavy atom. The van der Waals surface area contributed by atoms with Gasteiger partial charge in [0.25, 0.3) is 5.91 Å². The number of rotatable bonds is 2. The number of hydrogen-bond donors (Lipinski definition) is 2. The maximum Gasteiger partial charge on any atom is 0.261 e. The monoisotopic (exact) mass is 274 g/mol. The first kappa shape index (κ1) is 12.7. The molecule has 0 radical (unpaired) electrons. The molecule has 2 aliphatic rings. The molecule has 3 nitrogen and oxygen atoms in total. The molecule has 2 saturated carbocycles. The predicted molar refractivity (Wildman–Crippen MR) is 77.0 cm³/mol. The molecule has 0 aliphatic heterocycles. The van der Waals surface area contributed by atoms with Crippen LogP contribution in [-0.2, 0) is 0 Å². The molecular weight excluding hydrogens is 256 g/mol. The van der Waals surface area contributed by atoms with Crippen molar-refractivity contribution in [1.29, 1.82) is 0 Å². The molecule has 3 unspecified atom stereocenters. The SMILES string of the molecule is NCC#Cc1ccc(C(=O)NC2CC3CCC2C3)s1. The van der Waals surface area contributed by atoms with Gasteiger partial charge in [0, 0.05) is 6.04 Å². The molecule has 0 spiro atoms. The Morgan fingerprint density at radius 1 is 1.42 bits per heavy atom. The maximum atomic E-state index is 12.2. The van der Waals surface area contributed by atoms with Gasteiger partial charge in [0.05, 0.1) is 16.3 Å². The molecule has 2 aliphatic carbocycles. The Hall–Kier alpha value is -1.31. The molecule has 0 saturated heterocycles. The van der Waals surface area contributed by atoms with Crippen molar-refractivity contribution in [3.05, 3.63) is 21.9 Å². The molecule has 4 heteroatoms. The number of thiophene rings is 1. The van der Waals surface area contributed by atoms with Crippen molar-refractivity contribution in [2.75, 3.05) is 6.54 Å². The molecule has 1 heterocycles. The van der Waals surface area contributed by atoms with Crippen LogP contribution < -0.4 is 11.1 Å². The van der Waals surface area contributed by atoms with Gasteiger partial charge in [0.1, 0.15) is 0 Å². The summed E-state index contributed by atoms with van der Waals surface area (Å²) in [5.74, 6) is 7.40. The second kappa shape index (κ2) is 5.36. The van der Waals surface area contributed by atoms with Gasteiger partial charge >= 0.3 is 0 Å². The molecule has 2 bridgehead atoms. The molecule has 2 fully saturated rings. The third-order valence-corrected chi connectivity index (χ3v) is 5.20. The van der Waals surface area contributed by atoms with E-state index in [9.17, 15) is 4.79 Å². The normalized spacial score (nSPS) is 27.9. The lowest BCUT2D eigenvalue weighted by molar-refractivity contribution is 0.0927. The fraction of sp³-hybridized carbons (Fsp3) is 0.533. The highest BCUT2D eigenvalue weighted by Gasteiger charge is 2.40. The van der Waals surface area contributed by atoms with E-state index in [2.05, 4.69) is 17.2 Å². The van der Waals surface area contributed by atoms with E-state index in [1.807, 2.05) is 12.1 Å². The average Bonchev–Trinajstić information content (AvgIpc) is 3.12. The fourth-order valence-corrected chi connectivity index (χ4v) is 4.11. The third-order valence-electron chi connectivity index (χ3n) is 4.20. The average molecular weight is 274 g/mol. The zero-order valence-corrected chi connectivity index (χ0v) is 11.6. The highest BCUT2D eigenvalue weighted by atomic mass is 32.1. The molecule has 100 valence electrons. The Kier molecular flexibility index (Phi) is 3.58. The second-order valence-electron chi connectivity index (χ2n) is 5.42. The lowest BCUT2D eigenvalue weighted by atomic mass is 9.95. The topological polar surface area (TPSA) is 55.1 Å². The molecular formula is C15H18N2OS. The van der Waals surface area contributed by atoms with Crippen LogP contribution in [0.1, 0.15) is 40.2 Å². The van der Waals surface area contributed by atoms with E-state index >= 15 is 0 Å². The first-order chi connectivity index (χ1) is 9.26. The summed E-state index contributed by atoms with van der Waals surface area (Å²) in [4.78, 5) is 13.9. The van der Waals surface area contributed by atoms with Crippen LogP contribution in [0.25, 0.3) is 0 Å². The van der Waals surface area contributed by atoms with Crippen molar-refractivity contribution < 1.29 is 4.79 Å². The van der Waals surface area contributed by atoms with E-state index < -0.39 is 0 Å². The van der Waals surface area contributed by atoms with Crippen molar-refractivity contribution in [3.63, 3.8) is 0 Å². The third kappa shape index (κ3) is 2.68. The molecule has 19 heavy (non-hydrogen) atoms. The summed E-state index contributed by atoms with van der Waals surface area (Å²) in [6, 6.07) is 4.14. The molecule has 3 N–H and O–H groups in total. The number of amides is 1. The lowest BCUT2D eigenvalue weighted by Gasteiger charge is -2.22. The van der Waals surface area contributed by atoms with Crippen LogP contribution in [0.2, 0.25) is 0 Å². The summed E-state index contributed by atoms with van der Waals surface area (Å²) >= 11 is 1.44. The Balaban J connectivity index is 1.62. The van der Waals surface area contributed by atoms with Crippen LogP contribution >= 0.6 is 11.3 Å². The first-order valence-electron chi connectivity index (χ1n) is 6.86. The summed E-state index contributed by atoms with van der Waals surface area (Å²) < 4.78 is 0. The number of nitrogens with two attached hydrogens (primary N) is 1. The van der Waals surface area contributed by atoms with E-state index in [1.165, 1.54) is 37.0 Å². The zero-order chi connectivity index (χ0) is 13.2. The van der Waals surface area contributed by atoms with Gasteiger partial charge in [-0.05, 0) is 43.2 Å². The van der Waals surface area contributed by atoms with Crippen LogP contribution in [0.15, 0.2) is 12.1 Å². The van der Waals surface area contributed by atoms with E-state index in [0.29, 0.717) is 18.5 Å². The lowest BCUT2D eigenvalue weighted by Crippen LogP contribution is -2.38. The van der Waals surface area contributed by atoms with Crippen LogP contribution in [0.5, 0.6) is 0 Å². The number of fused-ring (bicyclic) bond motifs is 2. The summed E-state index contributed by atoms with van der Waals surface area (Å²) in [7, 11) is 0. The minimum absolute atomic E-state index is 0.0587. The highest BCUT2D eigenvalue weighted by Crippen LogP contribution is 2.44. The highest BCUT2D eigenvalue weighted by molar-refractivity contribution is 7.14. The van der Waals surface area contributed by atoms with Crippen molar-refractivity contribution in [2.24, 2.45) is 17.6 Å². The van der Waals surface area contributed by atoms with Crippen molar-refractivity contribution in [1.82, 2.24) is 5.32 Å². The predicted octanol–water partition coefficient (Wildman–Crippen LogP) is 1.98. The second-order valence-corrected chi connectivity index (χ2v) is 6.51. The van der Waals surface area contributed by atoms with Gasteiger partial charge in [-0.25, -0.2) is 0 Å². The van der Waals surface area contributed by atoms with Crippen molar-refractivity contribution in [3.8, 4) is 11.8 Å². The minimum Gasteiger partial charge on any atom is -0.348 e. The van der Waals surface area contributed by atoms with Crippen LogP contribution in [0.3, 0.4) is 0 Å². The number of carbonyl (C=O) groups is 1. The molecule has 0 aromatic carbocycles. The van der Waals surface area contributed by atoms with Gasteiger partial charge in [0.2, 0.25) is 0 Å². The smallest absolute Gasteiger partial charge is 0.261 e. The van der Waals surface area contributed by atoms with Gasteiger partial charge in [-0.3, -0.25) is 4.79 Å². The maximum absolute atomic E-state index is 12.2. The number of hydrogen-bond acceptors (Lipinski definition) is 3. The van der Waals surface area contributed by atoms with E-state index in [0.717, 1.165) is 15.7 Å². The molecule has 3 atom stereocenters. The van der Waals surface area contributed by atoms with Crippen LogP contribution in [0, 0.1) is 23.7 Å². The van der Waals surface area contributed by atoms with Gasteiger partial charge in [-0.15, -0.1) is 11.3 Å². The summed E-state index contributed by atoms with van der Waals surface area (Å²) in [5, 5.41) is 3.19. The van der Waals surface area contributed by atoms with Crippen molar-refractivity contribution >= 4 is 17.2 Å². The van der Waals surface area contributed by atoms with Gasteiger partial charge in [-0.1, -0.05) is 18.3 Å². The summed E-state index contributed by atoms with van der Waals surface area (Å²) in [6.45, 7) is 0.352. The Bertz CT molecular complexity index is 540. The molecule has 3 rings (SSSR count). The van der Waals surface area contributed by atoms with E-state index in [4.69, 9.17) is 5.73 Å². The minimum atomic E-state index is 0.0587. The molecule has 1 amide bonds. The van der Waals surface area contributed by atoms with Crippen LogP contribution in [-0.4, -0.2) is 18.5 Å². The summed E-state index contributed by atoms with van der Waals surface area (Å²) in [5.41, 5.74) is 5.34. The summed E-state index contributed by atoms with van der Waals surface area (Å²) in [6.07, 6.45) is 5.12. The standard InChI is InChI=1S/C15H18N2OS/c16-7-1-2-12-5-6-14(19-12)15(18)17-13-9-10-3-4-11(13)8-10/h5-6,10-11,13H,3-4,7-9,16H2,(H,17,18). The Morgan fingerprint density at radius 3 is 3.00 bits per heavy atom. The van der Waals surface area contributed by atoms with Crippen LogP contribution in [0.4, 0.5) is 0 Å². The van der Waals surface area contributed by atoms with E-state index in [1.54, 1.807) is 0 Å². The number of nitrogens with one attached hydrogen (secondary N) is 1. The van der Waals surface area contributed by atoms with Gasteiger partial charge in [-0.2, -0.15) is 0 Å². The fourth-order valence-electron chi connectivity index (χ4n) is 3.33.